The minimum Gasteiger partial charge on any atom is -0.0882 e. The molecule has 0 fully saturated rings. The topological polar surface area (TPSA) is 0 Å². The highest BCUT2D eigenvalue weighted by atomic mass is 14.1. The van der Waals surface area contributed by atoms with Crippen molar-refractivity contribution >= 4 is 0 Å². The highest BCUT2D eigenvalue weighted by Crippen LogP contribution is 2.27. The fourth-order valence-electron chi connectivity index (χ4n) is 2.89. The van der Waals surface area contributed by atoms with Gasteiger partial charge in [0.2, 0.25) is 0 Å². The fraction of sp³-hybridized carbons (Fsp3) is 0.429. The van der Waals surface area contributed by atoms with Gasteiger partial charge in [-0.1, -0.05) is 80.1 Å². The van der Waals surface area contributed by atoms with E-state index in [0.29, 0.717) is 11.8 Å². The predicted molar refractivity (Wildman–Crippen MR) is 93.5 cm³/mol. The van der Waals surface area contributed by atoms with Crippen LogP contribution in [0.2, 0.25) is 0 Å². The van der Waals surface area contributed by atoms with Gasteiger partial charge in [-0.15, -0.1) is 0 Å². The standard InChI is InChI=1S/C21H28/c1-3-4-11-21(20-12-6-5-7-13-20)17-16-19-10-8-9-18(2)14-15-19/h4-9,11-13,15,18,21H,3,10,14,16-17H2,1-2H3/b11-4-. The zero-order chi connectivity index (χ0) is 14.9. The molecule has 1 aromatic rings. The normalized spacial score (nSPS) is 20.3. The summed E-state index contributed by atoms with van der Waals surface area (Å²) in [6.45, 7) is 4.51. The number of benzene rings is 1. The Hall–Kier alpha value is -1.56. The Kier molecular flexibility index (Phi) is 6.53. The molecule has 2 unspecified atom stereocenters. The van der Waals surface area contributed by atoms with Crippen LogP contribution in [0.5, 0.6) is 0 Å². The summed E-state index contributed by atoms with van der Waals surface area (Å²) in [5, 5.41) is 0. The molecule has 1 aliphatic carbocycles. The molecule has 0 N–H and O–H groups in total. The van der Waals surface area contributed by atoms with E-state index in [1.165, 1.54) is 24.8 Å². The van der Waals surface area contributed by atoms with Gasteiger partial charge in [-0.05, 0) is 43.6 Å². The third kappa shape index (κ3) is 5.38. The molecule has 0 radical (unpaired) electrons. The summed E-state index contributed by atoms with van der Waals surface area (Å²) >= 11 is 0. The smallest absolute Gasteiger partial charge is 0.00210 e. The third-order valence-corrected chi connectivity index (χ3v) is 4.23. The van der Waals surface area contributed by atoms with E-state index in [-0.39, 0.29) is 0 Å². The van der Waals surface area contributed by atoms with Crippen LogP contribution in [-0.4, -0.2) is 0 Å². The summed E-state index contributed by atoms with van der Waals surface area (Å²) in [6, 6.07) is 10.9. The van der Waals surface area contributed by atoms with Gasteiger partial charge in [0.05, 0.1) is 0 Å². The first-order valence-corrected chi connectivity index (χ1v) is 8.35. The summed E-state index contributed by atoms with van der Waals surface area (Å²) in [7, 11) is 0. The molecule has 0 saturated carbocycles. The molecule has 0 amide bonds. The highest BCUT2D eigenvalue weighted by Gasteiger charge is 2.10. The van der Waals surface area contributed by atoms with Gasteiger partial charge in [-0.2, -0.15) is 0 Å². The summed E-state index contributed by atoms with van der Waals surface area (Å²) in [4.78, 5) is 0. The van der Waals surface area contributed by atoms with Gasteiger partial charge in [0.15, 0.2) is 0 Å². The lowest BCUT2D eigenvalue weighted by molar-refractivity contribution is 0.711. The van der Waals surface area contributed by atoms with Crippen LogP contribution in [0.4, 0.5) is 0 Å². The molecule has 0 spiro atoms. The van der Waals surface area contributed by atoms with Crippen LogP contribution >= 0.6 is 0 Å². The largest absolute Gasteiger partial charge is 0.0882 e. The van der Waals surface area contributed by atoms with Crippen molar-refractivity contribution in [1.29, 1.82) is 0 Å². The molecule has 1 aliphatic rings. The van der Waals surface area contributed by atoms with Crippen molar-refractivity contribution in [3.63, 3.8) is 0 Å². The maximum atomic E-state index is 2.47. The van der Waals surface area contributed by atoms with Crippen molar-refractivity contribution in [3.05, 3.63) is 71.8 Å². The van der Waals surface area contributed by atoms with Gasteiger partial charge in [0, 0.05) is 5.92 Å². The number of hydrogen-bond donors (Lipinski definition) is 0. The van der Waals surface area contributed by atoms with Crippen LogP contribution in [-0.2, 0) is 0 Å². The molecule has 0 heteroatoms. The first-order valence-electron chi connectivity index (χ1n) is 8.35. The first kappa shape index (κ1) is 15.8. The molecule has 0 heterocycles. The zero-order valence-electron chi connectivity index (χ0n) is 13.5. The van der Waals surface area contributed by atoms with Crippen molar-refractivity contribution in [1.82, 2.24) is 0 Å². The molecule has 21 heavy (non-hydrogen) atoms. The summed E-state index contributed by atoms with van der Waals surface area (Å²) in [6.07, 6.45) is 17.8. The molecule has 2 rings (SSSR count). The summed E-state index contributed by atoms with van der Waals surface area (Å²) < 4.78 is 0. The number of rotatable bonds is 6. The van der Waals surface area contributed by atoms with E-state index in [2.05, 4.69) is 74.6 Å². The maximum Gasteiger partial charge on any atom is 0.00210 e. The Morgan fingerprint density at radius 1 is 1.24 bits per heavy atom. The molecular weight excluding hydrogens is 252 g/mol. The molecular formula is C21H28. The minimum absolute atomic E-state index is 0.553. The SMILES string of the molecule is CC/C=C\C(CCC1=CCC(C)C=CC1)c1ccccc1. The van der Waals surface area contributed by atoms with Gasteiger partial charge in [-0.25, -0.2) is 0 Å². The summed E-state index contributed by atoms with van der Waals surface area (Å²) in [5.74, 6) is 1.25. The second kappa shape index (κ2) is 8.67. The molecule has 0 saturated heterocycles. The Bertz CT molecular complexity index is 490. The van der Waals surface area contributed by atoms with Gasteiger partial charge in [-0.3, -0.25) is 0 Å². The Labute approximate surface area is 130 Å². The average Bonchev–Trinajstić information content (AvgIpc) is 2.73. The molecule has 112 valence electrons. The van der Waals surface area contributed by atoms with E-state index in [1.54, 1.807) is 5.57 Å². The number of hydrogen-bond acceptors (Lipinski definition) is 0. The molecule has 0 aromatic heterocycles. The molecule has 2 atom stereocenters. The van der Waals surface area contributed by atoms with E-state index in [9.17, 15) is 0 Å². The number of allylic oxidation sites excluding steroid dienone is 6. The van der Waals surface area contributed by atoms with E-state index in [0.717, 1.165) is 12.8 Å². The minimum atomic E-state index is 0.553. The third-order valence-electron chi connectivity index (χ3n) is 4.23. The van der Waals surface area contributed by atoms with Crippen molar-refractivity contribution < 1.29 is 0 Å². The van der Waals surface area contributed by atoms with E-state index in [1.807, 2.05) is 0 Å². The first-order chi connectivity index (χ1) is 10.3. The predicted octanol–water partition coefficient (Wildman–Crippen LogP) is 6.43. The van der Waals surface area contributed by atoms with E-state index >= 15 is 0 Å². The average molecular weight is 280 g/mol. The van der Waals surface area contributed by atoms with E-state index < -0.39 is 0 Å². The molecule has 1 aromatic carbocycles. The molecule has 0 nitrogen and oxygen atoms in total. The summed E-state index contributed by atoms with van der Waals surface area (Å²) in [5.41, 5.74) is 3.06. The van der Waals surface area contributed by atoms with Gasteiger partial charge in [0.25, 0.3) is 0 Å². The highest BCUT2D eigenvalue weighted by molar-refractivity contribution is 5.24. The van der Waals surface area contributed by atoms with E-state index in [4.69, 9.17) is 0 Å². The lowest BCUT2D eigenvalue weighted by Crippen LogP contribution is -1.97. The Balaban J connectivity index is 1.99. The van der Waals surface area contributed by atoms with Gasteiger partial charge < -0.3 is 0 Å². The van der Waals surface area contributed by atoms with Crippen LogP contribution in [0.1, 0.15) is 57.4 Å². The molecule has 0 aliphatic heterocycles. The van der Waals surface area contributed by atoms with Crippen LogP contribution in [0.15, 0.2) is 66.3 Å². The van der Waals surface area contributed by atoms with Gasteiger partial charge in [0.1, 0.15) is 0 Å². The Morgan fingerprint density at radius 3 is 2.81 bits per heavy atom. The Morgan fingerprint density at radius 2 is 2.05 bits per heavy atom. The van der Waals surface area contributed by atoms with Crippen molar-refractivity contribution in [2.75, 3.05) is 0 Å². The lowest BCUT2D eigenvalue weighted by atomic mass is 9.91. The van der Waals surface area contributed by atoms with Crippen molar-refractivity contribution in [2.24, 2.45) is 5.92 Å². The lowest BCUT2D eigenvalue weighted by Gasteiger charge is -2.14. The second-order valence-electron chi connectivity index (χ2n) is 6.10. The van der Waals surface area contributed by atoms with Crippen molar-refractivity contribution in [3.8, 4) is 0 Å². The maximum absolute atomic E-state index is 2.47. The van der Waals surface area contributed by atoms with Crippen LogP contribution in [0.3, 0.4) is 0 Å². The second-order valence-corrected chi connectivity index (χ2v) is 6.10. The zero-order valence-corrected chi connectivity index (χ0v) is 13.5. The molecule has 0 bridgehead atoms. The fourth-order valence-corrected chi connectivity index (χ4v) is 2.89. The van der Waals surface area contributed by atoms with Crippen molar-refractivity contribution in [2.45, 2.75) is 51.9 Å². The van der Waals surface area contributed by atoms with Crippen LogP contribution in [0.25, 0.3) is 0 Å². The monoisotopic (exact) mass is 280 g/mol. The van der Waals surface area contributed by atoms with Crippen LogP contribution in [0, 0.1) is 5.92 Å². The quantitative estimate of drug-likeness (QED) is 0.527. The van der Waals surface area contributed by atoms with Crippen LogP contribution < -0.4 is 0 Å². The van der Waals surface area contributed by atoms with Gasteiger partial charge >= 0.3 is 0 Å².